The zero-order valence-corrected chi connectivity index (χ0v) is 11.8. The highest BCUT2D eigenvalue weighted by Crippen LogP contribution is 2.10. The van der Waals surface area contributed by atoms with E-state index in [0.717, 1.165) is 25.0 Å². The van der Waals surface area contributed by atoms with E-state index in [1.807, 2.05) is 37.3 Å². The van der Waals surface area contributed by atoms with E-state index < -0.39 is 17.5 Å². The van der Waals surface area contributed by atoms with Crippen molar-refractivity contribution in [3.8, 4) is 0 Å². The molecule has 0 spiro atoms. The van der Waals surface area contributed by atoms with E-state index in [-0.39, 0.29) is 11.6 Å². The molecule has 0 saturated carbocycles. The molecule has 2 rings (SSSR count). The first-order valence-corrected chi connectivity index (χ1v) is 6.86. The number of nitrogens with one attached hydrogen (secondary N) is 1. The van der Waals surface area contributed by atoms with Gasteiger partial charge >= 0.3 is 0 Å². The fourth-order valence-corrected chi connectivity index (χ4v) is 2.04. The summed E-state index contributed by atoms with van der Waals surface area (Å²) in [5.74, 6) is -2.36. The lowest BCUT2D eigenvalue weighted by molar-refractivity contribution is 0.0938. The van der Waals surface area contributed by atoms with Gasteiger partial charge in [0.15, 0.2) is 11.6 Å². The zero-order chi connectivity index (χ0) is 15.2. The highest BCUT2D eigenvalue weighted by molar-refractivity contribution is 5.94. The van der Waals surface area contributed by atoms with Crippen molar-refractivity contribution in [1.82, 2.24) is 5.32 Å². The molecule has 0 fully saturated rings. The minimum atomic E-state index is -1.01. The minimum Gasteiger partial charge on any atom is -0.350 e. The molecule has 1 amide bonds. The quantitative estimate of drug-likeness (QED) is 0.893. The number of rotatable bonds is 5. The minimum absolute atomic E-state index is 0.0502. The number of benzene rings is 2. The van der Waals surface area contributed by atoms with Crippen LogP contribution in [-0.4, -0.2) is 11.9 Å². The highest BCUT2D eigenvalue weighted by Gasteiger charge is 2.12. The Labute approximate surface area is 122 Å². The van der Waals surface area contributed by atoms with Gasteiger partial charge in [-0.2, -0.15) is 0 Å². The number of aryl methyl sites for hydroxylation is 1. The largest absolute Gasteiger partial charge is 0.350 e. The second-order valence-corrected chi connectivity index (χ2v) is 5.03. The predicted octanol–water partition coefficient (Wildman–Crippen LogP) is 3.72. The Morgan fingerprint density at radius 3 is 2.48 bits per heavy atom. The van der Waals surface area contributed by atoms with Crippen molar-refractivity contribution in [3.63, 3.8) is 0 Å². The van der Waals surface area contributed by atoms with Gasteiger partial charge in [-0.25, -0.2) is 8.78 Å². The SMILES string of the molecule is C[C@H](CCc1ccccc1)NC(=O)c1ccc(F)c(F)c1. The van der Waals surface area contributed by atoms with Crippen molar-refractivity contribution in [2.75, 3.05) is 0 Å². The second-order valence-electron chi connectivity index (χ2n) is 5.03. The maximum Gasteiger partial charge on any atom is 0.251 e. The van der Waals surface area contributed by atoms with Crippen LogP contribution in [0, 0.1) is 11.6 Å². The van der Waals surface area contributed by atoms with E-state index in [4.69, 9.17) is 0 Å². The summed E-state index contributed by atoms with van der Waals surface area (Å²) in [5.41, 5.74) is 1.33. The van der Waals surface area contributed by atoms with Crippen LogP contribution in [0.1, 0.15) is 29.3 Å². The van der Waals surface area contributed by atoms with Crippen LogP contribution in [0.5, 0.6) is 0 Å². The lowest BCUT2D eigenvalue weighted by Crippen LogP contribution is -2.33. The lowest BCUT2D eigenvalue weighted by Gasteiger charge is -2.14. The van der Waals surface area contributed by atoms with Crippen molar-refractivity contribution < 1.29 is 13.6 Å². The van der Waals surface area contributed by atoms with Gasteiger partial charge in [-0.1, -0.05) is 30.3 Å². The first-order valence-electron chi connectivity index (χ1n) is 6.86. The van der Waals surface area contributed by atoms with Crippen LogP contribution in [0.15, 0.2) is 48.5 Å². The van der Waals surface area contributed by atoms with Crippen LogP contribution in [0.2, 0.25) is 0 Å². The Morgan fingerprint density at radius 2 is 1.81 bits per heavy atom. The molecule has 2 aromatic carbocycles. The number of halogens is 2. The summed E-state index contributed by atoms with van der Waals surface area (Å²) >= 11 is 0. The molecule has 0 radical (unpaired) electrons. The predicted molar refractivity (Wildman–Crippen MR) is 78.0 cm³/mol. The average molecular weight is 289 g/mol. The Bertz CT molecular complexity index is 613. The number of hydrogen-bond acceptors (Lipinski definition) is 1. The number of hydrogen-bond donors (Lipinski definition) is 1. The number of carbonyl (C=O) groups is 1. The van der Waals surface area contributed by atoms with E-state index >= 15 is 0 Å². The van der Waals surface area contributed by atoms with Crippen molar-refractivity contribution in [3.05, 3.63) is 71.3 Å². The Morgan fingerprint density at radius 1 is 1.10 bits per heavy atom. The van der Waals surface area contributed by atoms with Gasteiger partial charge in [-0.05, 0) is 43.5 Å². The summed E-state index contributed by atoms with van der Waals surface area (Å²) in [6.07, 6.45) is 1.62. The number of carbonyl (C=O) groups excluding carboxylic acids is 1. The molecule has 110 valence electrons. The standard InChI is InChI=1S/C17H17F2NO/c1-12(7-8-13-5-3-2-4-6-13)20-17(21)14-9-10-15(18)16(19)11-14/h2-6,9-12H,7-8H2,1H3,(H,20,21)/t12-/m1/s1. The zero-order valence-electron chi connectivity index (χ0n) is 11.8. The normalized spacial score (nSPS) is 12.0. The van der Waals surface area contributed by atoms with E-state index in [9.17, 15) is 13.6 Å². The number of amides is 1. The van der Waals surface area contributed by atoms with Gasteiger partial charge in [0, 0.05) is 11.6 Å². The molecule has 0 aliphatic heterocycles. The molecule has 0 unspecified atom stereocenters. The van der Waals surface area contributed by atoms with Crippen LogP contribution >= 0.6 is 0 Å². The molecule has 0 aliphatic rings. The Balaban J connectivity index is 1.88. The molecule has 2 aromatic rings. The summed E-state index contributed by atoms with van der Waals surface area (Å²) in [6.45, 7) is 1.89. The van der Waals surface area contributed by atoms with Gasteiger partial charge in [0.05, 0.1) is 0 Å². The molecule has 0 aliphatic carbocycles. The first kappa shape index (κ1) is 15.2. The molecule has 2 nitrogen and oxygen atoms in total. The molecular weight excluding hydrogens is 272 g/mol. The molecular formula is C17H17F2NO. The van der Waals surface area contributed by atoms with Crippen LogP contribution in [0.4, 0.5) is 8.78 Å². The van der Waals surface area contributed by atoms with E-state index in [1.165, 1.54) is 11.6 Å². The van der Waals surface area contributed by atoms with E-state index in [2.05, 4.69) is 5.32 Å². The van der Waals surface area contributed by atoms with E-state index in [1.54, 1.807) is 0 Å². The third kappa shape index (κ3) is 4.38. The summed E-state index contributed by atoms with van der Waals surface area (Å²) in [5, 5.41) is 2.79. The van der Waals surface area contributed by atoms with Gasteiger partial charge in [0.2, 0.25) is 0 Å². The third-order valence-electron chi connectivity index (χ3n) is 3.27. The van der Waals surface area contributed by atoms with Crippen LogP contribution < -0.4 is 5.32 Å². The summed E-state index contributed by atoms with van der Waals surface area (Å²) in [7, 11) is 0. The molecule has 4 heteroatoms. The monoisotopic (exact) mass is 289 g/mol. The second kappa shape index (κ2) is 6.97. The fraction of sp³-hybridized carbons (Fsp3) is 0.235. The first-order chi connectivity index (χ1) is 10.1. The van der Waals surface area contributed by atoms with Gasteiger partial charge in [-0.3, -0.25) is 4.79 Å². The average Bonchev–Trinajstić information content (AvgIpc) is 2.49. The third-order valence-corrected chi connectivity index (χ3v) is 3.27. The molecule has 0 saturated heterocycles. The summed E-state index contributed by atoms with van der Waals surface area (Å²) < 4.78 is 25.9. The molecule has 0 heterocycles. The smallest absolute Gasteiger partial charge is 0.251 e. The summed E-state index contributed by atoms with van der Waals surface area (Å²) in [6, 6.07) is 13.1. The lowest BCUT2D eigenvalue weighted by atomic mass is 10.1. The topological polar surface area (TPSA) is 29.1 Å². The summed E-state index contributed by atoms with van der Waals surface area (Å²) in [4.78, 5) is 11.9. The molecule has 0 bridgehead atoms. The van der Waals surface area contributed by atoms with Crippen molar-refractivity contribution in [2.45, 2.75) is 25.8 Å². The van der Waals surface area contributed by atoms with Gasteiger partial charge in [-0.15, -0.1) is 0 Å². The maximum atomic E-state index is 13.1. The molecule has 1 atom stereocenters. The van der Waals surface area contributed by atoms with E-state index in [0.29, 0.717) is 0 Å². The Hall–Kier alpha value is -2.23. The highest BCUT2D eigenvalue weighted by atomic mass is 19.2. The van der Waals surface area contributed by atoms with Gasteiger partial charge < -0.3 is 5.32 Å². The van der Waals surface area contributed by atoms with Crippen LogP contribution in [0.3, 0.4) is 0 Å². The fourth-order valence-electron chi connectivity index (χ4n) is 2.04. The van der Waals surface area contributed by atoms with Crippen LogP contribution in [0.25, 0.3) is 0 Å². The van der Waals surface area contributed by atoms with Gasteiger partial charge in [0.25, 0.3) is 5.91 Å². The van der Waals surface area contributed by atoms with Crippen molar-refractivity contribution in [1.29, 1.82) is 0 Å². The molecule has 1 N–H and O–H groups in total. The Kier molecular flexibility index (Phi) is 5.04. The maximum absolute atomic E-state index is 13.1. The van der Waals surface area contributed by atoms with Crippen LogP contribution in [-0.2, 0) is 6.42 Å². The molecule has 21 heavy (non-hydrogen) atoms. The van der Waals surface area contributed by atoms with Gasteiger partial charge in [0.1, 0.15) is 0 Å². The van der Waals surface area contributed by atoms with Crippen molar-refractivity contribution >= 4 is 5.91 Å². The molecule has 0 aromatic heterocycles. The van der Waals surface area contributed by atoms with Crippen molar-refractivity contribution in [2.24, 2.45) is 0 Å².